The fraction of sp³-hybridized carbons (Fsp3) is 0.375. The first-order chi connectivity index (χ1) is 6.60. The van der Waals surface area contributed by atoms with Gasteiger partial charge in [-0.2, -0.15) is 0 Å². The van der Waals surface area contributed by atoms with Gasteiger partial charge in [0, 0.05) is 11.1 Å². The maximum Gasteiger partial charge on any atom is 0.264 e. The minimum Gasteiger partial charge on any atom is -0.481 e. The zero-order valence-electron chi connectivity index (χ0n) is 7.30. The summed E-state index contributed by atoms with van der Waals surface area (Å²) in [5.74, 6) is 0.0113. The summed E-state index contributed by atoms with van der Waals surface area (Å²) in [5, 5.41) is 8.90. The molecule has 3 nitrogen and oxygen atoms in total. The highest BCUT2D eigenvalue weighted by atomic mass is 79.9. The maximum atomic E-state index is 12.5. The summed E-state index contributed by atoms with van der Waals surface area (Å²) in [6.07, 6.45) is -2.66. The molecular formula is C8H8BrF2NO2. The third-order valence-corrected chi connectivity index (χ3v) is 2.08. The standard InChI is InChI=1S/C8H8BrF2NO2/c1-14-8-5(3-13)4(7(10)11)2-6(9)12-8/h2,7,13H,3H2,1H3. The smallest absolute Gasteiger partial charge is 0.264 e. The summed E-state index contributed by atoms with van der Waals surface area (Å²) in [6.45, 7) is -0.525. The lowest BCUT2D eigenvalue weighted by atomic mass is 10.1. The van der Waals surface area contributed by atoms with Crippen LogP contribution >= 0.6 is 15.9 Å². The third kappa shape index (κ3) is 2.19. The van der Waals surface area contributed by atoms with Gasteiger partial charge >= 0.3 is 0 Å². The molecule has 14 heavy (non-hydrogen) atoms. The molecule has 0 saturated carbocycles. The number of aliphatic hydroxyl groups is 1. The zero-order chi connectivity index (χ0) is 10.7. The number of aliphatic hydroxyl groups excluding tert-OH is 1. The SMILES string of the molecule is COc1nc(Br)cc(C(F)F)c1CO. The first kappa shape index (κ1) is 11.3. The number of halogens is 3. The number of nitrogens with zero attached hydrogens (tertiary/aromatic N) is 1. The minimum absolute atomic E-state index is 0.0113. The summed E-state index contributed by atoms with van der Waals surface area (Å²) in [7, 11) is 1.31. The molecule has 1 heterocycles. The highest BCUT2D eigenvalue weighted by Gasteiger charge is 2.18. The van der Waals surface area contributed by atoms with Crippen LogP contribution in [0, 0.1) is 0 Å². The van der Waals surface area contributed by atoms with Crippen molar-refractivity contribution < 1.29 is 18.6 Å². The molecule has 0 atom stereocenters. The summed E-state index contributed by atoms with van der Waals surface area (Å²) in [5.41, 5.74) is -0.253. The second kappa shape index (κ2) is 4.65. The van der Waals surface area contributed by atoms with Crippen molar-refractivity contribution in [3.05, 3.63) is 21.8 Å². The summed E-state index contributed by atoms with van der Waals surface area (Å²) < 4.78 is 30.0. The molecule has 1 N–H and O–H groups in total. The number of alkyl halides is 2. The molecule has 0 radical (unpaired) electrons. The van der Waals surface area contributed by atoms with E-state index in [0.29, 0.717) is 0 Å². The van der Waals surface area contributed by atoms with E-state index in [1.807, 2.05) is 0 Å². The van der Waals surface area contributed by atoms with Crippen LogP contribution in [0.1, 0.15) is 17.6 Å². The van der Waals surface area contributed by atoms with Crippen LogP contribution in [-0.4, -0.2) is 17.2 Å². The lowest BCUT2D eigenvalue weighted by Crippen LogP contribution is -2.01. The number of rotatable bonds is 3. The maximum absolute atomic E-state index is 12.5. The van der Waals surface area contributed by atoms with Gasteiger partial charge in [-0.15, -0.1) is 0 Å². The Kier molecular flexibility index (Phi) is 3.77. The molecule has 0 amide bonds. The van der Waals surface area contributed by atoms with Crippen LogP contribution in [0.2, 0.25) is 0 Å². The van der Waals surface area contributed by atoms with E-state index in [1.165, 1.54) is 13.2 Å². The van der Waals surface area contributed by atoms with Gasteiger partial charge in [-0.3, -0.25) is 0 Å². The van der Waals surface area contributed by atoms with Gasteiger partial charge in [0.1, 0.15) is 4.60 Å². The van der Waals surface area contributed by atoms with Crippen LogP contribution in [0.3, 0.4) is 0 Å². The van der Waals surface area contributed by atoms with Crippen molar-refractivity contribution in [1.82, 2.24) is 4.98 Å². The summed E-state index contributed by atoms with van der Waals surface area (Å²) >= 11 is 2.98. The molecule has 0 aromatic carbocycles. The molecule has 1 aromatic heterocycles. The van der Waals surface area contributed by atoms with Crippen molar-refractivity contribution in [3.8, 4) is 5.88 Å². The van der Waals surface area contributed by atoms with E-state index in [2.05, 4.69) is 20.9 Å². The fourth-order valence-electron chi connectivity index (χ4n) is 1.06. The van der Waals surface area contributed by atoms with E-state index in [-0.39, 0.29) is 21.6 Å². The highest BCUT2D eigenvalue weighted by Crippen LogP contribution is 2.30. The summed E-state index contributed by atoms with van der Waals surface area (Å²) in [6, 6.07) is 1.17. The number of methoxy groups -OCH3 is 1. The molecular weight excluding hydrogens is 260 g/mol. The van der Waals surface area contributed by atoms with E-state index in [9.17, 15) is 8.78 Å². The monoisotopic (exact) mass is 267 g/mol. The topological polar surface area (TPSA) is 42.4 Å². The van der Waals surface area contributed by atoms with Gasteiger partial charge in [-0.25, -0.2) is 13.8 Å². The van der Waals surface area contributed by atoms with Crippen molar-refractivity contribution in [2.24, 2.45) is 0 Å². The van der Waals surface area contributed by atoms with Gasteiger partial charge in [0.2, 0.25) is 5.88 Å². The second-order valence-corrected chi connectivity index (χ2v) is 3.29. The fourth-order valence-corrected chi connectivity index (χ4v) is 1.47. The van der Waals surface area contributed by atoms with Crippen LogP contribution in [0.25, 0.3) is 0 Å². The normalized spacial score (nSPS) is 10.7. The van der Waals surface area contributed by atoms with Gasteiger partial charge in [-0.05, 0) is 22.0 Å². The molecule has 1 rings (SSSR count). The third-order valence-electron chi connectivity index (χ3n) is 1.68. The van der Waals surface area contributed by atoms with Crippen molar-refractivity contribution in [1.29, 1.82) is 0 Å². The van der Waals surface area contributed by atoms with Crippen LogP contribution in [0.15, 0.2) is 10.7 Å². The Morgan fingerprint density at radius 3 is 2.71 bits per heavy atom. The first-order valence-corrected chi connectivity index (χ1v) is 4.51. The predicted molar refractivity (Wildman–Crippen MR) is 49.4 cm³/mol. The van der Waals surface area contributed by atoms with E-state index in [1.54, 1.807) is 0 Å². The average molecular weight is 268 g/mol. The van der Waals surface area contributed by atoms with Crippen molar-refractivity contribution in [2.75, 3.05) is 7.11 Å². The van der Waals surface area contributed by atoms with E-state index in [4.69, 9.17) is 9.84 Å². The van der Waals surface area contributed by atoms with Gasteiger partial charge in [0.25, 0.3) is 6.43 Å². The van der Waals surface area contributed by atoms with Crippen molar-refractivity contribution in [3.63, 3.8) is 0 Å². The molecule has 1 aromatic rings. The van der Waals surface area contributed by atoms with Crippen LogP contribution in [0.5, 0.6) is 5.88 Å². The highest BCUT2D eigenvalue weighted by molar-refractivity contribution is 9.10. The molecule has 78 valence electrons. The van der Waals surface area contributed by atoms with E-state index < -0.39 is 13.0 Å². The number of hydrogen-bond donors (Lipinski definition) is 1. The molecule has 0 unspecified atom stereocenters. The Balaban J connectivity index is 3.31. The Labute approximate surface area is 87.9 Å². The van der Waals surface area contributed by atoms with Gasteiger partial charge in [0.05, 0.1) is 13.7 Å². The Hall–Kier alpha value is -0.750. The Bertz CT molecular complexity index is 333. The average Bonchev–Trinajstić information content (AvgIpc) is 2.16. The largest absolute Gasteiger partial charge is 0.481 e. The predicted octanol–water partition coefficient (Wildman–Crippen LogP) is 2.28. The number of hydrogen-bond acceptors (Lipinski definition) is 3. The second-order valence-electron chi connectivity index (χ2n) is 2.48. The van der Waals surface area contributed by atoms with Gasteiger partial charge < -0.3 is 9.84 Å². The van der Waals surface area contributed by atoms with E-state index in [0.717, 1.165) is 0 Å². The van der Waals surface area contributed by atoms with Crippen molar-refractivity contribution >= 4 is 15.9 Å². The number of pyridine rings is 1. The zero-order valence-corrected chi connectivity index (χ0v) is 8.88. The van der Waals surface area contributed by atoms with Gasteiger partial charge in [-0.1, -0.05) is 0 Å². The first-order valence-electron chi connectivity index (χ1n) is 3.72. The Morgan fingerprint density at radius 1 is 1.64 bits per heavy atom. The molecule has 0 fully saturated rings. The molecule has 0 aliphatic carbocycles. The molecule has 0 aliphatic rings. The summed E-state index contributed by atoms with van der Waals surface area (Å²) in [4.78, 5) is 3.81. The van der Waals surface area contributed by atoms with Crippen LogP contribution < -0.4 is 4.74 Å². The lowest BCUT2D eigenvalue weighted by molar-refractivity contribution is 0.145. The molecule has 6 heteroatoms. The van der Waals surface area contributed by atoms with E-state index >= 15 is 0 Å². The lowest BCUT2D eigenvalue weighted by Gasteiger charge is -2.10. The molecule has 0 aliphatic heterocycles. The van der Waals surface area contributed by atoms with Crippen molar-refractivity contribution in [2.45, 2.75) is 13.0 Å². The molecule has 0 spiro atoms. The quantitative estimate of drug-likeness (QED) is 0.855. The molecule has 0 bridgehead atoms. The molecule has 0 saturated heterocycles. The number of ether oxygens (including phenoxy) is 1. The van der Waals surface area contributed by atoms with Gasteiger partial charge in [0.15, 0.2) is 0 Å². The van der Waals surface area contributed by atoms with Crippen LogP contribution in [0.4, 0.5) is 8.78 Å². The Morgan fingerprint density at radius 2 is 2.29 bits per heavy atom. The number of aromatic nitrogens is 1. The minimum atomic E-state index is -2.66. The van der Waals surface area contributed by atoms with Crippen LogP contribution in [-0.2, 0) is 6.61 Å².